The van der Waals surface area contributed by atoms with Crippen LogP contribution in [0, 0.1) is 0 Å². The van der Waals surface area contributed by atoms with Crippen molar-refractivity contribution in [1.29, 1.82) is 0 Å². The summed E-state index contributed by atoms with van der Waals surface area (Å²) < 4.78 is 13.6. The molecule has 0 fully saturated rings. The number of hydrogen-bond acceptors (Lipinski definition) is 3. The summed E-state index contributed by atoms with van der Waals surface area (Å²) in [5.41, 5.74) is 2.39. The molecule has 4 nitrogen and oxygen atoms in total. The molecule has 4 rings (SSSR count). The Morgan fingerprint density at radius 1 is 0.583 bits per heavy atom. The lowest BCUT2D eigenvalue weighted by Gasteiger charge is -2.37. The first kappa shape index (κ1) is 40.4. The van der Waals surface area contributed by atoms with Crippen LogP contribution in [0.1, 0.15) is 155 Å². The minimum Gasteiger partial charge on any atom is -1.00 e. The largest absolute Gasteiger partial charge is 1.00 e. The van der Waals surface area contributed by atoms with Crippen molar-refractivity contribution in [3.63, 3.8) is 0 Å². The fourth-order valence-corrected chi connectivity index (χ4v) is 7.47. The number of para-hydroxylation sites is 4. The summed E-state index contributed by atoms with van der Waals surface area (Å²) >= 11 is 0. The molecule has 1 N–H and O–H groups in total. The summed E-state index contributed by atoms with van der Waals surface area (Å²) in [5, 5.41) is 3.38. The number of nitrogens with zero attached hydrogens (tertiary/aromatic N) is 1. The summed E-state index contributed by atoms with van der Waals surface area (Å²) in [4.78, 5) is 0. The Balaban J connectivity index is 0.00000625. The molecular formula is C43H67IN2O2. The van der Waals surface area contributed by atoms with E-state index >= 15 is 0 Å². The number of quaternary nitrogens is 1. The zero-order chi connectivity index (χ0) is 32.8. The van der Waals surface area contributed by atoms with Crippen LogP contribution in [0.25, 0.3) is 0 Å². The molecule has 0 spiro atoms. The van der Waals surface area contributed by atoms with Gasteiger partial charge in [0, 0.05) is 12.1 Å². The van der Waals surface area contributed by atoms with Gasteiger partial charge in [0.2, 0.25) is 0 Å². The predicted octanol–water partition coefficient (Wildman–Crippen LogP) is 10.2. The van der Waals surface area contributed by atoms with Crippen molar-refractivity contribution in [1.82, 2.24) is 4.48 Å². The van der Waals surface area contributed by atoms with E-state index in [0.717, 1.165) is 40.6 Å². The fourth-order valence-electron chi connectivity index (χ4n) is 7.47. The third kappa shape index (κ3) is 13.4. The molecule has 0 amide bonds. The molecule has 0 aromatic heterocycles. The Labute approximate surface area is 311 Å². The molecule has 5 heteroatoms. The monoisotopic (exact) mass is 770 g/mol. The van der Waals surface area contributed by atoms with Gasteiger partial charge in [-0.1, -0.05) is 160 Å². The van der Waals surface area contributed by atoms with Crippen LogP contribution in [0.3, 0.4) is 0 Å². The molecule has 0 aliphatic carbocycles. The van der Waals surface area contributed by atoms with E-state index in [2.05, 4.69) is 61.6 Å². The van der Waals surface area contributed by atoms with Gasteiger partial charge in [0.05, 0.1) is 18.8 Å². The van der Waals surface area contributed by atoms with Gasteiger partial charge in [-0.2, -0.15) is 0 Å². The van der Waals surface area contributed by atoms with Crippen LogP contribution in [0.15, 0.2) is 72.6 Å². The second-order valence-electron chi connectivity index (χ2n) is 14.2. The Morgan fingerprint density at radius 3 is 1.56 bits per heavy atom. The predicted molar refractivity (Wildman–Crippen MR) is 203 cm³/mol. The Bertz CT molecular complexity index is 1170. The van der Waals surface area contributed by atoms with Crippen LogP contribution in [0.5, 0.6) is 11.5 Å². The van der Waals surface area contributed by atoms with Gasteiger partial charge < -0.3 is 38.8 Å². The summed E-state index contributed by atoms with van der Waals surface area (Å²) in [6.07, 6.45) is 36.8. The number of unbranched alkanes of at least 4 members (excludes halogenated alkanes) is 20. The van der Waals surface area contributed by atoms with Crippen LogP contribution in [-0.2, 0) is 0 Å². The highest BCUT2D eigenvalue weighted by Gasteiger charge is 2.46. The van der Waals surface area contributed by atoms with Crippen molar-refractivity contribution in [2.24, 2.45) is 0 Å². The van der Waals surface area contributed by atoms with Gasteiger partial charge >= 0.3 is 0 Å². The van der Waals surface area contributed by atoms with Crippen LogP contribution >= 0.6 is 0 Å². The van der Waals surface area contributed by atoms with Crippen molar-refractivity contribution in [3.8, 4) is 11.5 Å². The summed E-state index contributed by atoms with van der Waals surface area (Å²) in [6, 6.07) is 16.9. The molecule has 48 heavy (non-hydrogen) atoms. The van der Waals surface area contributed by atoms with Crippen molar-refractivity contribution in [2.75, 3.05) is 18.4 Å². The van der Waals surface area contributed by atoms with E-state index in [9.17, 15) is 0 Å². The fraction of sp³-hybridized carbons (Fsp3) is 0.628. The Kier molecular flexibility index (Phi) is 20.4. The van der Waals surface area contributed by atoms with Crippen LogP contribution in [-0.4, -0.2) is 19.3 Å². The number of allylic oxidation sites excluding steroid dienone is 2. The van der Waals surface area contributed by atoms with Gasteiger partial charge in [-0.3, -0.25) is 0 Å². The molecule has 2 heterocycles. The molecule has 0 bridgehead atoms. The van der Waals surface area contributed by atoms with Gasteiger partial charge in [0.1, 0.15) is 0 Å². The molecule has 0 radical (unpaired) electrons. The quantitative estimate of drug-likeness (QED) is 0.0587. The SMILES string of the molecule is CCCCCCCCCCCCCCCCCC[N+]1(CCCCCCCC)c2ccccc2OC1C=CC=C1Nc2ccccc2O1.[I-]. The van der Waals surface area contributed by atoms with E-state index in [0.29, 0.717) is 0 Å². The molecule has 2 aromatic rings. The van der Waals surface area contributed by atoms with Gasteiger partial charge in [0.25, 0.3) is 6.23 Å². The minimum absolute atomic E-state index is 0. The van der Waals surface area contributed by atoms with E-state index in [1.165, 1.54) is 147 Å². The molecule has 2 aromatic carbocycles. The lowest BCUT2D eigenvalue weighted by atomic mass is 10.0. The molecule has 2 aliphatic rings. The van der Waals surface area contributed by atoms with E-state index in [1.807, 2.05) is 24.3 Å². The number of hydrogen-bond donors (Lipinski definition) is 1. The highest BCUT2D eigenvalue weighted by molar-refractivity contribution is 5.64. The van der Waals surface area contributed by atoms with Crippen LogP contribution in [0.4, 0.5) is 11.4 Å². The summed E-state index contributed by atoms with van der Waals surface area (Å²) in [5.74, 6) is 2.71. The molecule has 0 saturated carbocycles. The third-order valence-corrected chi connectivity index (χ3v) is 10.3. The first-order valence-electron chi connectivity index (χ1n) is 19.8. The average Bonchev–Trinajstić information content (AvgIpc) is 3.65. The number of halogens is 1. The van der Waals surface area contributed by atoms with E-state index in [1.54, 1.807) is 0 Å². The first-order valence-corrected chi connectivity index (χ1v) is 19.8. The summed E-state index contributed by atoms with van der Waals surface area (Å²) in [6.45, 7) is 6.87. The van der Waals surface area contributed by atoms with Crippen LogP contribution < -0.4 is 43.3 Å². The van der Waals surface area contributed by atoms with Gasteiger partial charge in [0.15, 0.2) is 23.1 Å². The molecule has 2 atom stereocenters. The average molecular weight is 771 g/mol. The van der Waals surface area contributed by atoms with Crippen molar-refractivity contribution in [2.45, 2.75) is 161 Å². The van der Waals surface area contributed by atoms with Crippen molar-refractivity contribution < 1.29 is 33.5 Å². The Morgan fingerprint density at radius 2 is 1.04 bits per heavy atom. The van der Waals surface area contributed by atoms with Gasteiger partial charge in [-0.05, 0) is 50.0 Å². The zero-order valence-corrected chi connectivity index (χ0v) is 32.7. The Hall–Kier alpha value is -1.99. The van der Waals surface area contributed by atoms with Gasteiger partial charge in [-0.15, -0.1) is 0 Å². The molecular weight excluding hydrogens is 703 g/mol. The minimum atomic E-state index is -0.0139. The maximum atomic E-state index is 6.72. The van der Waals surface area contributed by atoms with Crippen LogP contribution in [0.2, 0.25) is 0 Å². The van der Waals surface area contributed by atoms with E-state index in [-0.39, 0.29) is 30.2 Å². The topological polar surface area (TPSA) is 30.5 Å². The lowest BCUT2D eigenvalue weighted by Crippen LogP contribution is -3.00. The number of anilines is 1. The first-order chi connectivity index (χ1) is 23.3. The van der Waals surface area contributed by atoms with E-state index in [4.69, 9.17) is 9.47 Å². The highest BCUT2D eigenvalue weighted by Crippen LogP contribution is 2.44. The van der Waals surface area contributed by atoms with Crippen molar-refractivity contribution >= 4 is 11.4 Å². The highest BCUT2D eigenvalue weighted by atomic mass is 127. The zero-order valence-electron chi connectivity index (χ0n) is 30.5. The second-order valence-corrected chi connectivity index (χ2v) is 14.2. The number of nitrogens with one attached hydrogen (secondary N) is 1. The maximum absolute atomic E-state index is 6.72. The molecule has 0 saturated heterocycles. The normalized spacial score (nSPS) is 18.7. The van der Waals surface area contributed by atoms with Gasteiger partial charge in [-0.25, -0.2) is 4.48 Å². The number of rotatable bonds is 26. The number of benzene rings is 2. The van der Waals surface area contributed by atoms with Crippen molar-refractivity contribution in [3.05, 3.63) is 72.6 Å². The molecule has 2 unspecified atom stereocenters. The standard InChI is InChI=1S/C43H67N2O2.HI/c1-3-5-7-9-11-12-13-14-15-16-17-18-19-20-22-28-37-45(36-27-21-10-8-6-4-2)39-31-24-26-33-41(39)47-43(45)35-29-34-42-44-38-30-23-25-32-40(38)46-42;/h23-26,29-35,43-44H,3-22,27-28,36-37H2,1-2H3;1H/q+1;/p-1. The lowest BCUT2D eigenvalue weighted by molar-refractivity contribution is -0.0000110. The second kappa shape index (κ2) is 24.2. The van der Waals surface area contributed by atoms with E-state index < -0.39 is 0 Å². The molecule has 268 valence electrons. The maximum Gasteiger partial charge on any atom is 0.258 e. The number of ether oxygens (including phenoxy) is 2. The number of fused-ring (bicyclic) bond motifs is 2. The molecule has 2 aliphatic heterocycles. The summed E-state index contributed by atoms with van der Waals surface area (Å²) in [7, 11) is 0. The third-order valence-electron chi connectivity index (χ3n) is 10.3. The smallest absolute Gasteiger partial charge is 0.258 e.